The van der Waals surface area contributed by atoms with Crippen LogP contribution >= 0.6 is 0 Å². The Morgan fingerprint density at radius 2 is 1.96 bits per heavy atom. The van der Waals surface area contributed by atoms with Crippen LogP contribution in [0.1, 0.15) is 6.92 Å². The van der Waals surface area contributed by atoms with Gasteiger partial charge in [0, 0.05) is 39.3 Å². The van der Waals surface area contributed by atoms with Crippen molar-refractivity contribution in [3.8, 4) is 0 Å². The number of hydrogen-bond donors (Lipinski definition) is 2. The number of aromatic nitrogens is 1. The molecule has 10 heteroatoms. The third-order valence-electron chi connectivity index (χ3n) is 3.99. The third kappa shape index (κ3) is 4.16. The SMILES string of the molecule is CNC(=O)NC(=O)[C@H](C)N1CCN(c2ccc([N+](=O)[O-])nc2)CC1. The van der Waals surface area contributed by atoms with E-state index >= 15 is 0 Å². The van der Waals surface area contributed by atoms with E-state index in [1.165, 1.54) is 19.3 Å². The van der Waals surface area contributed by atoms with Gasteiger partial charge in [0.1, 0.15) is 0 Å². The highest BCUT2D eigenvalue weighted by atomic mass is 16.6. The zero-order valence-corrected chi connectivity index (χ0v) is 13.6. The van der Waals surface area contributed by atoms with E-state index in [9.17, 15) is 19.7 Å². The molecule has 24 heavy (non-hydrogen) atoms. The van der Waals surface area contributed by atoms with Gasteiger partial charge in [-0.05, 0) is 22.9 Å². The number of amides is 3. The average molecular weight is 336 g/mol. The molecule has 3 amide bonds. The van der Waals surface area contributed by atoms with Gasteiger partial charge in [0.05, 0.1) is 11.7 Å². The van der Waals surface area contributed by atoms with Crippen molar-refractivity contribution in [3.63, 3.8) is 0 Å². The molecule has 2 heterocycles. The highest BCUT2D eigenvalue weighted by Crippen LogP contribution is 2.18. The van der Waals surface area contributed by atoms with Gasteiger partial charge in [-0.2, -0.15) is 0 Å². The van der Waals surface area contributed by atoms with Crippen molar-refractivity contribution >= 4 is 23.4 Å². The number of hydrogen-bond acceptors (Lipinski definition) is 7. The van der Waals surface area contributed by atoms with E-state index in [1.54, 1.807) is 13.0 Å². The monoisotopic (exact) mass is 336 g/mol. The van der Waals surface area contributed by atoms with Gasteiger partial charge in [-0.1, -0.05) is 0 Å². The highest BCUT2D eigenvalue weighted by molar-refractivity contribution is 5.96. The Kier molecular flexibility index (Phi) is 5.64. The van der Waals surface area contributed by atoms with Crippen molar-refractivity contribution in [1.82, 2.24) is 20.5 Å². The number of carbonyl (C=O) groups excluding carboxylic acids is 2. The van der Waals surface area contributed by atoms with Gasteiger partial charge < -0.3 is 20.3 Å². The minimum absolute atomic E-state index is 0.183. The van der Waals surface area contributed by atoms with Crippen LogP contribution in [0.15, 0.2) is 18.3 Å². The molecule has 0 aliphatic carbocycles. The lowest BCUT2D eigenvalue weighted by Crippen LogP contribution is -2.55. The van der Waals surface area contributed by atoms with Crippen molar-refractivity contribution in [2.45, 2.75) is 13.0 Å². The smallest absolute Gasteiger partial charge is 0.363 e. The van der Waals surface area contributed by atoms with Crippen LogP contribution in [0.25, 0.3) is 0 Å². The van der Waals surface area contributed by atoms with E-state index < -0.39 is 17.0 Å². The zero-order chi connectivity index (χ0) is 17.7. The molecule has 0 spiro atoms. The van der Waals surface area contributed by atoms with E-state index in [-0.39, 0.29) is 11.7 Å². The Balaban J connectivity index is 1.89. The first-order chi connectivity index (χ1) is 11.4. The van der Waals surface area contributed by atoms with Crippen molar-refractivity contribution in [1.29, 1.82) is 0 Å². The highest BCUT2D eigenvalue weighted by Gasteiger charge is 2.27. The maximum absolute atomic E-state index is 12.0. The van der Waals surface area contributed by atoms with Crippen LogP contribution in [-0.4, -0.2) is 66.0 Å². The summed E-state index contributed by atoms with van der Waals surface area (Å²) >= 11 is 0. The summed E-state index contributed by atoms with van der Waals surface area (Å²) in [5.41, 5.74) is 0.808. The van der Waals surface area contributed by atoms with Crippen LogP contribution in [0.4, 0.5) is 16.3 Å². The molecule has 1 aromatic heterocycles. The molecule has 2 N–H and O–H groups in total. The maximum atomic E-state index is 12.0. The standard InChI is InChI=1S/C14H20N6O4/c1-10(13(21)17-14(22)15-2)18-5-7-19(8-6-18)11-3-4-12(16-9-11)20(23)24/h3-4,9-10H,5-8H2,1-2H3,(H2,15,17,21,22)/t10-/m0/s1. The molecule has 1 saturated heterocycles. The number of piperazine rings is 1. The summed E-state index contributed by atoms with van der Waals surface area (Å²) in [4.78, 5) is 41.1. The number of pyridine rings is 1. The van der Waals surface area contributed by atoms with Crippen molar-refractivity contribution in [2.75, 3.05) is 38.1 Å². The van der Waals surface area contributed by atoms with Gasteiger partial charge in [-0.3, -0.25) is 15.0 Å². The van der Waals surface area contributed by atoms with E-state index in [1.807, 2.05) is 4.90 Å². The quantitative estimate of drug-likeness (QED) is 0.584. The average Bonchev–Trinajstić information content (AvgIpc) is 2.61. The largest absolute Gasteiger partial charge is 0.366 e. The Labute approximate surface area is 139 Å². The molecule has 1 aliphatic rings. The van der Waals surface area contributed by atoms with Gasteiger partial charge in [0.25, 0.3) is 0 Å². The summed E-state index contributed by atoms with van der Waals surface area (Å²) in [5.74, 6) is -0.531. The molecule has 1 aliphatic heterocycles. The fourth-order valence-corrected chi connectivity index (χ4v) is 2.49. The molecule has 10 nitrogen and oxygen atoms in total. The number of carbonyl (C=O) groups is 2. The molecular weight excluding hydrogens is 316 g/mol. The Morgan fingerprint density at radius 1 is 1.29 bits per heavy atom. The fourth-order valence-electron chi connectivity index (χ4n) is 2.49. The number of nitrogens with one attached hydrogen (secondary N) is 2. The maximum Gasteiger partial charge on any atom is 0.363 e. The Hall–Kier alpha value is -2.75. The topological polar surface area (TPSA) is 121 Å². The molecule has 1 aromatic rings. The Bertz CT molecular complexity index is 612. The van der Waals surface area contributed by atoms with E-state index in [2.05, 4.69) is 20.5 Å². The number of nitro groups is 1. The molecule has 130 valence electrons. The molecule has 1 atom stereocenters. The van der Waals surface area contributed by atoms with Crippen molar-refractivity contribution in [3.05, 3.63) is 28.4 Å². The zero-order valence-electron chi connectivity index (χ0n) is 13.6. The van der Waals surface area contributed by atoms with Crippen molar-refractivity contribution in [2.24, 2.45) is 0 Å². The lowest BCUT2D eigenvalue weighted by Gasteiger charge is -2.37. The number of imide groups is 1. The molecule has 0 aromatic carbocycles. The summed E-state index contributed by atoms with van der Waals surface area (Å²) in [5, 5.41) is 15.2. The van der Waals surface area contributed by atoms with Crippen LogP contribution in [0.5, 0.6) is 0 Å². The first-order valence-electron chi connectivity index (χ1n) is 7.54. The fraction of sp³-hybridized carbons (Fsp3) is 0.500. The minimum atomic E-state index is -0.533. The van der Waals surface area contributed by atoms with Crippen LogP contribution < -0.4 is 15.5 Å². The van der Waals surface area contributed by atoms with Crippen LogP contribution in [0.3, 0.4) is 0 Å². The summed E-state index contributed by atoms with van der Waals surface area (Å²) in [6, 6.07) is 2.10. The number of urea groups is 1. The van der Waals surface area contributed by atoms with E-state index in [0.717, 1.165) is 5.69 Å². The van der Waals surface area contributed by atoms with Gasteiger partial charge in [0.2, 0.25) is 5.91 Å². The molecule has 0 saturated carbocycles. The second-order valence-electron chi connectivity index (χ2n) is 5.40. The molecule has 2 rings (SSSR count). The number of rotatable bonds is 4. The first kappa shape index (κ1) is 17.6. The lowest BCUT2D eigenvalue weighted by molar-refractivity contribution is -0.389. The van der Waals surface area contributed by atoms with Gasteiger partial charge in [-0.25, -0.2) is 4.79 Å². The molecule has 0 unspecified atom stereocenters. The first-order valence-corrected chi connectivity index (χ1v) is 7.54. The number of nitrogens with zero attached hydrogens (tertiary/aromatic N) is 4. The molecule has 1 fully saturated rings. The predicted octanol–water partition coefficient (Wildman–Crippen LogP) is -0.0441. The molecular formula is C14H20N6O4. The van der Waals surface area contributed by atoms with Gasteiger partial charge in [-0.15, -0.1) is 0 Å². The molecule has 0 bridgehead atoms. The predicted molar refractivity (Wildman–Crippen MR) is 86.7 cm³/mol. The van der Waals surface area contributed by atoms with Crippen LogP contribution in [0.2, 0.25) is 0 Å². The van der Waals surface area contributed by atoms with Gasteiger partial charge >= 0.3 is 11.8 Å². The Morgan fingerprint density at radius 3 is 2.46 bits per heavy atom. The normalized spacial score (nSPS) is 16.3. The third-order valence-corrected chi connectivity index (χ3v) is 3.99. The summed E-state index contributed by atoms with van der Waals surface area (Å²) in [6.45, 7) is 4.36. The second kappa shape index (κ2) is 7.68. The van der Waals surface area contributed by atoms with Gasteiger partial charge in [0.15, 0.2) is 6.20 Å². The lowest BCUT2D eigenvalue weighted by atomic mass is 10.2. The summed E-state index contributed by atoms with van der Waals surface area (Å²) in [6.07, 6.45) is 1.48. The van der Waals surface area contributed by atoms with Crippen LogP contribution in [-0.2, 0) is 4.79 Å². The second-order valence-corrected chi connectivity index (χ2v) is 5.40. The van der Waals surface area contributed by atoms with E-state index in [0.29, 0.717) is 26.2 Å². The molecule has 0 radical (unpaired) electrons. The van der Waals surface area contributed by atoms with E-state index in [4.69, 9.17) is 0 Å². The summed E-state index contributed by atoms with van der Waals surface area (Å²) in [7, 11) is 1.45. The number of anilines is 1. The van der Waals surface area contributed by atoms with Crippen LogP contribution in [0, 0.1) is 10.1 Å². The summed E-state index contributed by atoms with van der Waals surface area (Å²) < 4.78 is 0. The van der Waals surface area contributed by atoms with Crippen molar-refractivity contribution < 1.29 is 14.5 Å². The minimum Gasteiger partial charge on any atom is -0.366 e.